The number of esters is 9. The van der Waals surface area contributed by atoms with Gasteiger partial charge in [0, 0.05) is 142 Å². The Morgan fingerprint density at radius 1 is 0.283 bits per heavy atom. The minimum atomic E-state index is -1.44. The van der Waals surface area contributed by atoms with Crippen molar-refractivity contribution in [3.05, 3.63) is 0 Å². The summed E-state index contributed by atoms with van der Waals surface area (Å²) in [5, 5.41) is 19.1. The Kier molecular flexibility index (Phi) is 57.0. The maximum Gasteiger partial charge on any atom is 0.303 e. The lowest BCUT2D eigenvalue weighted by atomic mass is 9.96. The molecule has 0 aliphatic carbocycles. The quantitative estimate of drug-likeness (QED) is 0.0173. The third-order valence-electron chi connectivity index (χ3n) is 18.0. The van der Waals surface area contributed by atoms with Gasteiger partial charge in [-0.1, -0.05) is 6.42 Å². The summed E-state index contributed by atoms with van der Waals surface area (Å²) in [6, 6.07) is -3.46. The molecule has 0 bridgehead atoms. The number of nitrogens with two attached hydrogens (primary N) is 1. The summed E-state index contributed by atoms with van der Waals surface area (Å²) in [6.07, 6.45) is -11.9. The van der Waals surface area contributed by atoms with Gasteiger partial charge in [-0.15, -0.1) is 0 Å². The Morgan fingerprint density at radius 3 is 0.874 bits per heavy atom. The van der Waals surface area contributed by atoms with E-state index < -0.39 is 200 Å². The Bertz CT molecular complexity index is 3060. The summed E-state index contributed by atoms with van der Waals surface area (Å²) in [5.74, 6) is -9.77. The SMILES string of the molecule is CC(=O)NC1C(OCCCCCOCCNC(=O)CCOCC(COCCC(=O)NCCOCCOCCOC2OC(COC(C)=O)C(OC(C)=O)C(OC(C)=O)C2NC(C)=O)(COCCC(=O)NCCOCCOCCOC2OC(COC(C)=O)C(OC(C)=O)C(OC(C)=O)C2NC(C)=O)NC(=O)CCCCCN)OC(COC(C)=O)C(OC(C)=O)C1OC(C)=O. The maximum atomic E-state index is 13.7. The first-order valence-electron chi connectivity index (χ1n) is 42.0. The summed E-state index contributed by atoms with van der Waals surface area (Å²) in [7, 11) is 0. The smallest absolute Gasteiger partial charge is 0.303 e. The van der Waals surface area contributed by atoms with Gasteiger partial charge in [0.05, 0.1) is 112 Å². The van der Waals surface area contributed by atoms with Crippen molar-refractivity contribution in [2.45, 2.75) is 245 Å². The number of carbonyl (C=O) groups excluding carboxylic acids is 16. The first kappa shape index (κ1) is 112. The number of amides is 7. The molecule has 9 N–H and O–H groups in total. The summed E-state index contributed by atoms with van der Waals surface area (Å²) >= 11 is 0. The minimum Gasteiger partial charge on any atom is -0.463 e. The van der Waals surface area contributed by atoms with Crippen molar-refractivity contribution in [1.29, 1.82) is 0 Å². The van der Waals surface area contributed by atoms with E-state index in [1.807, 2.05) is 0 Å². The molecule has 15 unspecified atom stereocenters. The lowest BCUT2D eigenvalue weighted by molar-refractivity contribution is -0.279. The van der Waals surface area contributed by atoms with Gasteiger partial charge in [-0.05, 0) is 38.6 Å². The lowest BCUT2D eigenvalue weighted by Gasteiger charge is -2.44. The average molecular weight is 1830 g/mol. The second-order valence-electron chi connectivity index (χ2n) is 29.3. The monoisotopic (exact) mass is 1830 g/mol. The molecule has 7 amide bonds. The van der Waals surface area contributed by atoms with E-state index in [9.17, 15) is 76.7 Å². The topological polar surface area (TPSA) is 596 Å². The molecule has 3 aliphatic heterocycles. The van der Waals surface area contributed by atoms with Crippen LogP contribution < -0.4 is 43.0 Å². The van der Waals surface area contributed by atoms with Crippen LogP contribution >= 0.6 is 0 Å². The summed E-state index contributed by atoms with van der Waals surface area (Å²) in [6.45, 7) is 13.0. The van der Waals surface area contributed by atoms with E-state index in [4.69, 9.17) is 115 Å². The highest BCUT2D eigenvalue weighted by atomic mass is 16.7. The maximum absolute atomic E-state index is 13.7. The molecule has 3 heterocycles. The third kappa shape index (κ3) is 49.9. The van der Waals surface area contributed by atoms with E-state index in [-0.39, 0.29) is 177 Å². The van der Waals surface area contributed by atoms with Crippen molar-refractivity contribution in [1.82, 2.24) is 37.2 Å². The largest absolute Gasteiger partial charge is 0.463 e. The minimum absolute atomic E-state index is 0.0153. The van der Waals surface area contributed by atoms with Crippen molar-refractivity contribution in [3.8, 4) is 0 Å². The fourth-order valence-electron chi connectivity index (χ4n) is 12.7. The number of ether oxygens (including phenoxy) is 23. The van der Waals surface area contributed by atoms with E-state index in [1.165, 1.54) is 27.7 Å². The Morgan fingerprint density at radius 2 is 0.567 bits per heavy atom. The first-order valence-corrected chi connectivity index (χ1v) is 42.0. The Hall–Kier alpha value is -9.08. The van der Waals surface area contributed by atoms with E-state index in [2.05, 4.69) is 37.2 Å². The van der Waals surface area contributed by atoms with Gasteiger partial charge in [0.25, 0.3) is 0 Å². The van der Waals surface area contributed by atoms with E-state index >= 15 is 0 Å². The van der Waals surface area contributed by atoms with Crippen LogP contribution in [0.4, 0.5) is 0 Å². The normalized spacial score (nSPS) is 22.4. The fourth-order valence-corrected chi connectivity index (χ4v) is 12.7. The number of rotatable bonds is 66. The number of hydrogen-bond acceptors (Lipinski definition) is 40. The molecule has 0 spiro atoms. The standard InChI is InChI=1S/C80H132N8O39/c1-49(89)85-68-74(122-58(10)98)71(119-55(7)95)61(43-116-52(4)92)125-77(68)113-28-18-14-17-27-105-32-24-82-64(101)20-29-110-46-80(88-67(104)19-15-13-16-23-81,47-111-30-21-65(102)83-25-33-106-35-37-108-39-41-114-78-69(86-50(2)90)75(123-59(11)99)72(120-56(8)96)62(126-78)44-117-53(5)93)48-112-31-22-66(103)84-26-34-107-36-38-109-40-42-115-79-70(87-51(3)91)76(124-60(12)100)73(121-57(9)97)63(127-79)45-118-54(6)94/h61-63,68-79H,13-48,81H2,1-12H3,(H,82,101)(H,83,102)(H,84,103)(H,85,89)(H,86,90)(H,87,91)(H,88,104). The van der Waals surface area contributed by atoms with Gasteiger partial charge in [0.2, 0.25) is 41.4 Å². The Labute approximate surface area is 737 Å². The predicted octanol–water partition coefficient (Wildman–Crippen LogP) is -2.80. The molecule has 47 nitrogen and oxygen atoms in total. The molecule has 3 fully saturated rings. The number of hydrogen-bond donors (Lipinski definition) is 8. The lowest BCUT2D eigenvalue weighted by Crippen LogP contribution is -2.66. The molecule has 15 atom stereocenters. The van der Waals surface area contributed by atoms with Crippen molar-refractivity contribution in [2.75, 3.05) is 172 Å². The molecule has 726 valence electrons. The van der Waals surface area contributed by atoms with Crippen LogP contribution in [0.3, 0.4) is 0 Å². The molecule has 0 aromatic carbocycles. The molecule has 0 aromatic rings. The third-order valence-corrected chi connectivity index (χ3v) is 18.0. The molecule has 47 heteroatoms. The van der Waals surface area contributed by atoms with Gasteiger partial charge >= 0.3 is 53.7 Å². The van der Waals surface area contributed by atoms with Gasteiger partial charge in [0.15, 0.2) is 55.5 Å². The van der Waals surface area contributed by atoms with Crippen molar-refractivity contribution >= 4 is 95.1 Å². The van der Waals surface area contributed by atoms with E-state index in [1.54, 1.807) is 0 Å². The van der Waals surface area contributed by atoms with Crippen LogP contribution in [0.15, 0.2) is 0 Å². The van der Waals surface area contributed by atoms with E-state index in [0.29, 0.717) is 51.7 Å². The van der Waals surface area contributed by atoms with Crippen LogP contribution in [-0.2, 0) is 186 Å². The van der Waals surface area contributed by atoms with Gasteiger partial charge in [-0.25, -0.2) is 0 Å². The highest BCUT2D eigenvalue weighted by Crippen LogP contribution is 2.32. The average Bonchev–Trinajstić information content (AvgIpc) is 0.795. The van der Waals surface area contributed by atoms with Crippen LogP contribution in [0.25, 0.3) is 0 Å². The molecule has 0 radical (unpaired) electrons. The summed E-state index contributed by atoms with van der Waals surface area (Å²) in [4.78, 5) is 198. The van der Waals surface area contributed by atoms with Gasteiger partial charge in [-0.3, -0.25) is 76.7 Å². The highest BCUT2D eigenvalue weighted by Gasteiger charge is 2.54. The zero-order valence-electron chi connectivity index (χ0n) is 74.6. The molecular formula is C80H132N8O39. The molecule has 3 rings (SSSR count). The molecule has 3 aliphatic rings. The second-order valence-corrected chi connectivity index (χ2v) is 29.3. The second kappa shape index (κ2) is 64.6. The molecular weight excluding hydrogens is 1700 g/mol. The van der Waals surface area contributed by atoms with Crippen molar-refractivity contribution < 1.29 is 186 Å². The zero-order valence-corrected chi connectivity index (χ0v) is 74.6. The van der Waals surface area contributed by atoms with Crippen LogP contribution in [-0.4, -0.2) is 364 Å². The number of carbonyl (C=O) groups is 16. The fraction of sp³-hybridized carbons (Fsp3) is 0.800. The van der Waals surface area contributed by atoms with Gasteiger partial charge in [0.1, 0.15) is 61.8 Å². The molecule has 127 heavy (non-hydrogen) atoms. The first-order chi connectivity index (χ1) is 60.5. The molecule has 0 saturated carbocycles. The van der Waals surface area contributed by atoms with Gasteiger partial charge in [-0.2, -0.15) is 0 Å². The zero-order chi connectivity index (χ0) is 94.1. The van der Waals surface area contributed by atoms with Crippen LogP contribution in [0.1, 0.15) is 147 Å². The molecule has 3 saturated heterocycles. The van der Waals surface area contributed by atoms with Crippen LogP contribution in [0, 0.1) is 0 Å². The number of nitrogens with one attached hydrogen (secondary N) is 7. The van der Waals surface area contributed by atoms with Crippen molar-refractivity contribution in [2.24, 2.45) is 5.73 Å². The van der Waals surface area contributed by atoms with Crippen LogP contribution in [0.2, 0.25) is 0 Å². The predicted molar refractivity (Wildman–Crippen MR) is 432 cm³/mol. The summed E-state index contributed by atoms with van der Waals surface area (Å²) < 4.78 is 131. The van der Waals surface area contributed by atoms with Crippen molar-refractivity contribution in [3.63, 3.8) is 0 Å². The highest BCUT2D eigenvalue weighted by molar-refractivity contribution is 5.79. The van der Waals surface area contributed by atoms with Gasteiger partial charge < -0.3 is 152 Å². The van der Waals surface area contributed by atoms with Crippen LogP contribution in [0.5, 0.6) is 0 Å². The summed E-state index contributed by atoms with van der Waals surface area (Å²) in [5.41, 5.74) is 4.29. The number of unbranched alkanes of at least 4 members (excludes halogenated alkanes) is 4. The Balaban J connectivity index is 1.59. The molecule has 0 aromatic heterocycles. The van der Waals surface area contributed by atoms with E-state index in [0.717, 1.165) is 55.4 Å².